The number of hydrogen-bond donors (Lipinski definition) is 0. The van der Waals surface area contributed by atoms with Gasteiger partial charge >= 0.3 is 5.97 Å². The van der Waals surface area contributed by atoms with Gasteiger partial charge in [0.2, 0.25) is 0 Å². The maximum Gasteiger partial charge on any atom is 0.310 e. The van der Waals surface area contributed by atoms with E-state index in [1.807, 2.05) is 45.9 Å². The van der Waals surface area contributed by atoms with E-state index < -0.39 is 5.92 Å². The predicted molar refractivity (Wildman–Crippen MR) is 84.1 cm³/mol. The molecular weight excluding hydrogens is 264 g/mol. The Bertz CT molecular complexity index is 471. The van der Waals surface area contributed by atoms with Crippen molar-refractivity contribution >= 4 is 11.8 Å². The summed E-state index contributed by atoms with van der Waals surface area (Å²) in [6, 6.07) is 9.17. The van der Waals surface area contributed by atoms with E-state index in [2.05, 4.69) is 0 Å². The largest absolute Gasteiger partial charge is 0.466 e. The number of rotatable bonds is 6. The van der Waals surface area contributed by atoms with Gasteiger partial charge in [0.25, 0.3) is 0 Å². The van der Waals surface area contributed by atoms with Crippen LogP contribution in [0.4, 0.5) is 0 Å². The summed E-state index contributed by atoms with van der Waals surface area (Å²) in [5, 5.41) is 0. The Balaban J connectivity index is 3.13. The molecule has 116 valence electrons. The molecule has 0 N–H and O–H groups in total. The number of benzene rings is 1. The molecule has 0 bridgehead atoms. The molecule has 0 saturated heterocycles. The van der Waals surface area contributed by atoms with Crippen molar-refractivity contribution in [2.24, 2.45) is 17.3 Å². The highest BCUT2D eigenvalue weighted by atomic mass is 16.5. The zero-order valence-corrected chi connectivity index (χ0v) is 13.7. The summed E-state index contributed by atoms with van der Waals surface area (Å²) in [5.74, 6) is -1.05. The number of ether oxygens (including phenoxy) is 1. The molecule has 1 aromatic rings. The minimum absolute atomic E-state index is 0.0195. The van der Waals surface area contributed by atoms with Crippen LogP contribution >= 0.6 is 0 Å². The number of ketones is 1. The number of hydrogen-bond acceptors (Lipinski definition) is 3. The minimum Gasteiger partial charge on any atom is -0.466 e. The zero-order chi connectivity index (χ0) is 16.0. The summed E-state index contributed by atoms with van der Waals surface area (Å²) < 4.78 is 5.21. The lowest BCUT2D eigenvalue weighted by Crippen LogP contribution is -2.39. The second kappa shape index (κ2) is 7.39. The lowest BCUT2D eigenvalue weighted by Gasteiger charge is -2.34. The van der Waals surface area contributed by atoms with Crippen LogP contribution in [0, 0.1) is 17.3 Å². The molecule has 0 aromatic heterocycles. The third-order valence-electron chi connectivity index (χ3n) is 3.71. The van der Waals surface area contributed by atoms with Gasteiger partial charge in [0.1, 0.15) is 0 Å². The third-order valence-corrected chi connectivity index (χ3v) is 3.71. The summed E-state index contributed by atoms with van der Waals surface area (Å²) in [6.45, 7) is 10.0. The molecule has 3 nitrogen and oxygen atoms in total. The van der Waals surface area contributed by atoms with Crippen LogP contribution in [0.5, 0.6) is 0 Å². The van der Waals surface area contributed by atoms with Gasteiger partial charge in [-0.05, 0) is 18.8 Å². The maximum absolute atomic E-state index is 12.8. The van der Waals surface area contributed by atoms with Gasteiger partial charge in [-0.15, -0.1) is 0 Å². The summed E-state index contributed by atoms with van der Waals surface area (Å²) >= 11 is 0. The highest BCUT2D eigenvalue weighted by molar-refractivity contribution is 6.00. The van der Waals surface area contributed by atoms with Crippen molar-refractivity contribution < 1.29 is 14.3 Å². The fourth-order valence-corrected chi connectivity index (χ4v) is 2.74. The van der Waals surface area contributed by atoms with Crippen LogP contribution in [0.3, 0.4) is 0 Å². The van der Waals surface area contributed by atoms with Crippen LogP contribution in [-0.2, 0) is 9.53 Å². The highest BCUT2D eigenvalue weighted by Gasteiger charge is 2.41. The molecule has 1 aromatic carbocycles. The monoisotopic (exact) mass is 290 g/mol. The van der Waals surface area contributed by atoms with Crippen molar-refractivity contribution in [2.75, 3.05) is 6.61 Å². The van der Waals surface area contributed by atoms with Gasteiger partial charge in [-0.1, -0.05) is 58.0 Å². The second-order valence-corrected chi connectivity index (χ2v) is 6.34. The molecule has 0 amide bonds. The SMILES string of the molecule is CCOC(=O)C(C(CC)C(=O)c1ccccc1)C(C)(C)C. The Labute approximate surface area is 127 Å². The molecule has 0 heterocycles. The van der Waals surface area contributed by atoms with Gasteiger partial charge < -0.3 is 4.74 Å². The van der Waals surface area contributed by atoms with Crippen molar-refractivity contribution in [3.63, 3.8) is 0 Å². The minimum atomic E-state index is -0.435. The first-order chi connectivity index (χ1) is 9.82. The first-order valence-corrected chi connectivity index (χ1v) is 7.58. The average Bonchev–Trinajstić information content (AvgIpc) is 2.43. The van der Waals surface area contributed by atoms with E-state index in [0.717, 1.165) is 0 Å². The molecule has 0 radical (unpaired) electrons. The topological polar surface area (TPSA) is 43.4 Å². The third kappa shape index (κ3) is 4.42. The lowest BCUT2D eigenvalue weighted by molar-refractivity contribution is -0.154. The van der Waals surface area contributed by atoms with Gasteiger partial charge in [0.05, 0.1) is 12.5 Å². The van der Waals surface area contributed by atoms with Crippen molar-refractivity contribution in [1.29, 1.82) is 0 Å². The Hall–Kier alpha value is -1.64. The van der Waals surface area contributed by atoms with Crippen molar-refractivity contribution in [3.05, 3.63) is 35.9 Å². The first kappa shape index (κ1) is 17.4. The molecule has 21 heavy (non-hydrogen) atoms. The van der Waals surface area contributed by atoms with Gasteiger partial charge in [0.15, 0.2) is 5.78 Å². The van der Waals surface area contributed by atoms with Crippen LogP contribution in [0.25, 0.3) is 0 Å². The van der Waals surface area contributed by atoms with E-state index in [4.69, 9.17) is 4.74 Å². The summed E-state index contributed by atoms with van der Waals surface area (Å²) in [5.41, 5.74) is 0.333. The van der Waals surface area contributed by atoms with Gasteiger partial charge in [-0.2, -0.15) is 0 Å². The van der Waals surface area contributed by atoms with Gasteiger partial charge in [-0.3, -0.25) is 9.59 Å². The van der Waals surface area contributed by atoms with Crippen LogP contribution < -0.4 is 0 Å². The van der Waals surface area contributed by atoms with Gasteiger partial charge in [0, 0.05) is 11.5 Å². The van der Waals surface area contributed by atoms with Crippen molar-refractivity contribution in [1.82, 2.24) is 0 Å². The van der Waals surface area contributed by atoms with Gasteiger partial charge in [-0.25, -0.2) is 0 Å². The summed E-state index contributed by atoms with van der Waals surface area (Å²) in [6.07, 6.45) is 0.620. The molecule has 2 atom stereocenters. The number of carbonyl (C=O) groups excluding carboxylic acids is 2. The second-order valence-electron chi connectivity index (χ2n) is 6.34. The van der Waals surface area contributed by atoms with E-state index in [9.17, 15) is 9.59 Å². The molecule has 0 fully saturated rings. The summed E-state index contributed by atoms with van der Waals surface area (Å²) in [4.78, 5) is 25.1. The molecule has 0 spiro atoms. The Morgan fingerprint density at radius 2 is 1.67 bits per heavy atom. The van der Waals surface area contributed by atoms with Crippen molar-refractivity contribution in [3.8, 4) is 0 Å². The fraction of sp³-hybridized carbons (Fsp3) is 0.556. The molecule has 0 saturated carbocycles. The predicted octanol–water partition coefficient (Wildman–Crippen LogP) is 4.12. The van der Waals surface area contributed by atoms with Crippen LogP contribution in [0.2, 0.25) is 0 Å². The Morgan fingerprint density at radius 1 is 1.10 bits per heavy atom. The first-order valence-electron chi connectivity index (χ1n) is 7.58. The highest BCUT2D eigenvalue weighted by Crippen LogP contribution is 2.36. The Morgan fingerprint density at radius 3 is 2.10 bits per heavy atom. The van der Waals surface area contributed by atoms with Crippen LogP contribution in [0.15, 0.2) is 30.3 Å². The molecule has 3 heteroatoms. The fourth-order valence-electron chi connectivity index (χ4n) is 2.74. The van der Waals surface area contributed by atoms with E-state index in [-0.39, 0.29) is 23.1 Å². The van der Waals surface area contributed by atoms with E-state index in [1.54, 1.807) is 19.1 Å². The standard InChI is InChI=1S/C18H26O3/c1-6-14(16(19)13-11-9-8-10-12-13)15(18(3,4)5)17(20)21-7-2/h8-12,14-15H,6-7H2,1-5H3. The Kier molecular flexibility index (Phi) is 6.13. The maximum atomic E-state index is 12.8. The van der Waals surface area contributed by atoms with E-state index >= 15 is 0 Å². The average molecular weight is 290 g/mol. The molecule has 1 rings (SSSR count). The van der Waals surface area contributed by atoms with Crippen molar-refractivity contribution in [2.45, 2.75) is 41.0 Å². The molecule has 0 aliphatic heterocycles. The number of esters is 1. The van der Waals surface area contributed by atoms with Crippen LogP contribution in [-0.4, -0.2) is 18.4 Å². The smallest absolute Gasteiger partial charge is 0.310 e. The lowest BCUT2D eigenvalue weighted by atomic mass is 9.70. The molecule has 0 aliphatic carbocycles. The molecular formula is C18H26O3. The summed E-state index contributed by atoms with van der Waals surface area (Å²) in [7, 11) is 0. The van der Waals surface area contributed by atoms with E-state index in [0.29, 0.717) is 18.6 Å². The van der Waals surface area contributed by atoms with Crippen LogP contribution in [0.1, 0.15) is 51.4 Å². The zero-order valence-electron chi connectivity index (χ0n) is 13.7. The van der Waals surface area contributed by atoms with E-state index in [1.165, 1.54) is 0 Å². The normalized spacial score (nSPS) is 14.3. The molecule has 0 aliphatic rings. The number of carbonyl (C=O) groups is 2. The number of Topliss-reactive ketones (excluding diaryl/α,β-unsaturated/α-hetero) is 1. The quantitative estimate of drug-likeness (QED) is 0.584. The molecule has 2 unspecified atom stereocenters.